The van der Waals surface area contributed by atoms with Crippen LogP contribution in [0.1, 0.15) is 31.0 Å². The fourth-order valence-electron chi connectivity index (χ4n) is 3.53. The SMILES string of the molecule is COc1cnc(C(C)C(C)S(=O)(=O)Nc2nnc(-c3cncc(C)c3)n2-c2c(F)cccc2F)cn1. The van der Waals surface area contributed by atoms with Gasteiger partial charge in [0.15, 0.2) is 5.82 Å². The van der Waals surface area contributed by atoms with Crippen LogP contribution in [0.5, 0.6) is 5.88 Å². The van der Waals surface area contributed by atoms with Crippen molar-refractivity contribution in [1.82, 2.24) is 29.7 Å². The highest BCUT2D eigenvalue weighted by molar-refractivity contribution is 7.93. The van der Waals surface area contributed by atoms with Crippen LogP contribution in [-0.2, 0) is 10.0 Å². The normalized spacial score (nSPS) is 13.3. The first-order valence-corrected chi connectivity index (χ1v) is 12.4. The summed E-state index contributed by atoms with van der Waals surface area (Å²) in [5, 5.41) is 6.92. The van der Waals surface area contributed by atoms with Gasteiger partial charge in [-0.1, -0.05) is 13.0 Å². The van der Waals surface area contributed by atoms with Gasteiger partial charge in [0.2, 0.25) is 21.9 Å². The van der Waals surface area contributed by atoms with Crippen LogP contribution in [0.4, 0.5) is 14.7 Å². The van der Waals surface area contributed by atoms with Gasteiger partial charge in [0.25, 0.3) is 0 Å². The fourth-order valence-corrected chi connectivity index (χ4v) is 4.77. The number of aromatic nitrogens is 6. The number of nitrogens with one attached hydrogen (secondary N) is 1. The summed E-state index contributed by atoms with van der Waals surface area (Å²) in [6.45, 7) is 4.94. The van der Waals surface area contributed by atoms with E-state index < -0.39 is 38.5 Å². The lowest BCUT2D eigenvalue weighted by atomic mass is 10.1. The summed E-state index contributed by atoms with van der Waals surface area (Å²) < 4.78 is 64.7. The number of rotatable bonds is 8. The molecule has 0 aliphatic heterocycles. The van der Waals surface area contributed by atoms with E-state index in [0.29, 0.717) is 11.3 Å². The van der Waals surface area contributed by atoms with Gasteiger partial charge in [-0.25, -0.2) is 22.2 Å². The molecule has 0 fully saturated rings. The number of halogens is 2. The molecule has 1 aromatic carbocycles. The molecule has 188 valence electrons. The van der Waals surface area contributed by atoms with Crippen LogP contribution < -0.4 is 9.46 Å². The number of hydrogen-bond acceptors (Lipinski definition) is 8. The van der Waals surface area contributed by atoms with Crippen molar-refractivity contribution in [2.45, 2.75) is 31.9 Å². The van der Waals surface area contributed by atoms with Gasteiger partial charge in [-0.05, 0) is 37.6 Å². The highest BCUT2D eigenvalue weighted by Gasteiger charge is 2.32. The molecule has 0 aliphatic rings. The molecule has 0 saturated carbocycles. The van der Waals surface area contributed by atoms with E-state index in [0.717, 1.165) is 22.3 Å². The molecule has 0 aliphatic carbocycles. The minimum atomic E-state index is -4.14. The van der Waals surface area contributed by atoms with Gasteiger partial charge in [0.1, 0.15) is 17.3 Å². The van der Waals surface area contributed by atoms with Crippen LogP contribution >= 0.6 is 0 Å². The summed E-state index contributed by atoms with van der Waals surface area (Å²) in [6.07, 6.45) is 5.86. The van der Waals surface area contributed by atoms with Gasteiger partial charge in [0.05, 0.1) is 30.4 Å². The summed E-state index contributed by atoms with van der Waals surface area (Å²) in [6, 6.07) is 5.01. The Hall–Kier alpha value is -4.00. The second kappa shape index (κ2) is 9.93. The number of aryl methyl sites for hydroxylation is 1. The molecule has 0 amide bonds. The Balaban J connectivity index is 1.77. The Kier molecular flexibility index (Phi) is 6.93. The maximum absolute atomic E-state index is 14.8. The standard InChI is InChI=1S/C23H23F2N7O3S/c1-13-8-16(10-26-9-13)22-29-30-23(32(22)21-17(24)6-5-7-18(21)25)31-36(33,34)15(3)14(2)19-11-28-20(35-4)12-27-19/h5-12,14-15H,1-4H3,(H,30,31). The average Bonchev–Trinajstić information content (AvgIpc) is 3.25. The first-order valence-electron chi connectivity index (χ1n) is 10.8. The molecule has 4 rings (SSSR count). The van der Waals surface area contributed by atoms with Crippen LogP contribution in [0.2, 0.25) is 0 Å². The largest absolute Gasteiger partial charge is 0.480 e. The van der Waals surface area contributed by atoms with Gasteiger partial charge in [0, 0.05) is 23.9 Å². The number of pyridine rings is 1. The van der Waals surface area contributed by atoms with E-state index in [4.69, 9.17) is 4.74 Å². The van der Waals surface area contributed by atoms with Crippen LogP contribution in [0.3, 0.4) is 0 Å². The molecule has 3 heterocycles. The maximum Gasteiger partial charge on any atom is 0.243 e. The lowest BCUT2D eigenvalue weighted by Gasteiger charge is -2.21. The predicted octanol–water partition coefficient (Wildman–Crippen LogP) is 3.65. The maximum atomic E-state index is 14.8. The zero-order valence-corrected chi connectivity index (χ0v) is 20.7. The van der Waals surface area contributed by atoms with Crippen molar-refractivity contribution in [2.75, 3.05) is 11.8 Å². The van der Waals surface area contributed by atoms with Crippen LogP contribution in [-0.4, -0.2) is 50.5 Å². The third-order valence-corrected chi connectivity index (χ3v) is 7.56. The number of anilines is 1. The van der Waals surface area contributed by atoms with Crippen LogP contribution in [0, 0.1) is 18.6 Å². The molecule has 10 nitrogen and oxygen atoms in total. The quantitative estimate of drug-likeness (QED) is 0.377. The van der Waals surface area contributed by atoms with E-state index in [-0.39, 0.29) is 17.7 Å². The van der Waals surface area contributed by atoms with E-state index >= 15 is 0 Å². The van der Waals surface area contributed by atoms with E-state index in [1.165, 1.54) is 38.7 Å². The van der Waals surface area contributed by atoms with Gasteiger partial charge < -0.3 is 4.74 Å². The minimum Gasteiger partial charge on any atom is -0.480 e. The fraction of sp³-hybridized carbons (Fsp3) is 0.261. The number of para-hydroxylation sites is 1. The predicted molar refractivity (Wildman–Crippen MR) is 128 cm³/mol. The smallest absolute Gasteiger partial charge is 0.243 e. The molecule has 36 heavy (non-hydrogen) atoms. The highest BCUT2D eigenvalue weighted by atomic mass is 32.2. The molecule has 4 aromatic rings. The summed E-state index contributed by atoms with van der Waals surface area (Å²) >= 11 is 0. The second-order valence-corrected chi connectivity index (χ2v) is 10.2. The third kappa shape index (κ3) is 4.87. The monoisotopic (exact) mass is 515 g/mol. The molecule has 3 aromatic heterocycles. The highest BCUT2D eigenvalue weighted by Crippen LogP contribution is 2.31. The van der Waals surface area contributed by atoms with E-state index in [1.807, 2.05) is 0 Å². The van der Waals surface area contributed by atoms with Crippen molar-refractivity contribution >= 4 is 16.0 Å². The molecule has 13 heteroatoms. The van der Waals surface area contributed by atoms with E-state index in [1.54, 1.807) is 26.1 Å². The average molecular weight is 516 g/mol. The lowest BCUT2D eigenvalue weighted by Crippen LogP contribution is -2.31. The van der Waals surface area contributed by atoms with Gasteiger partial charge in [-0.15, -0.1) is 10.2 Å². The molecule has 2 atom stereocenters. The Labute approximate surface area is 206 Å². The molecule has 0 spiro atoms. The Bertz CT molecular complexity index is 1470. The number of hydrogen-bond donors (Lipinski definition) is 1. The zero-order chi connectivity index (χ0) is 26.0. The number of methoxy groups -OCH3 is 1. The van der Waals surface area contributed by atoms with Crippen molar-refractivity contribution in [1.29, 1.82) is 0 Å². The number of ether oxygens (including phenoxy) is 1. The summed E-state index contributed by atoms with van der Waals surface area (Å²) in [7, 11) is -2.70. The molecule has 0 radical (unpaired) electrons. The summed E-state index contributed by atoms with van der Waals surface area (Å²) in [4.78, 5) is 12.4. The molecular weight excluding hydrogens is 492 g/mol. The second-order valence-electron chi connectivity index (χ2n) is 8.13. The molecule has 1 N–H and O–H groups in total. The molecule has 0 saturated heterocycles. The van der Waals surface area contributed by atoms with Crippen molar-refractivity contribution in [2.24, 2.45) is 0 Å². The van der Waals surface area contributed by atoms with E-state index in [2.05, 4.69) is 29.9 Å². The summed E-state index contributed by atoms with van der Waals surface area (Å²) in [5.74, 6) is -2.52. The van der Waals surface area contributed by atoms with E-state index in [9.17, 15) is 17.2 Å². The Morgan fingerprint density at radius 3 is 2.36 bits per heavy atom. The van der Waals surface area contributed by atoms with Gasteiger partial charge >= 0.3 is 0 Å². The van der Waals surface area contributed by atoms with Crippen molar-refractivity contribution in [3.63, 3.8) is 0 Å². The van der Waals surface area contributed by atoms with Gasteiger partial charge in [-0.2, -0.15) is 0 Å². The van der Waals surface area contributed by atoms with Gasteiger partial charge in [-0.3, -0.25) is 19.3 Å². The summed E-state index contributed by atoms with van der Waals surface area (Å²) in [5.41, 5.74) is 1.05. The number of sulfonamides is 1. The molecular formula is C23H23F2N7O3S. The first kappa shape index (κ1) is 25.1. The first-order chi connectivity index (χ1) is 17.1. The zero-order valence-electron chi connectivity index (χ0n) is 19.8. The van der Waals surface area contributed by atoms with Crippen molar-refractivity contribution < 1.29 is 21.9 Å². The minimum absolute atomic E-state index is 0.00891. The third-order valence-electron chi connectivity index (χ3n) is 5.71. The van der Waals surface area contributed by atoms with Crippen molar-refractivity contribution in [3.05, 3.63) is 71.9 Å². The Morgan fingerprint density at radius 2 is 1.75 bits per heavy atom. The number of nitrogens with zero attached hydrogens (tertiary/aromatic N) is 6. The van der Waals surface area contributed by atoms with Crippen LogP contribution in [0.15, 0.2) is 49.1 Å². The number of benzene rings is 1. The van der Waals surface area contributed by atoms with Crippen LogP contribution in [0.25, 0.3) is 17.1 Å². The topological polar surface area (TPSA) is 125 Å². The molecule has 0 bridgehead atoms. The lowest BCUT2D eigenvalue weighted by molar-refractivity contribution is 0.394. The Morgan fingerprint density at radius 1 is 1.03 bits per heavy atom. The molecule has 2 unspecified atom stereocenters. The van der Waals surface area contributed by atoms with Crippen molar-refractivity contribution in [3.8, 4) is 23.0 Å².